The molecule has 25 heavy (non-hydrogen) atoms. The second-order valence-electron chi connectivity index (χ2n) is 5.09. The summed E-state index contributed by atoms with van der Waals surface area (Å²) in [6.45, 7) is 2.29. The van der Waals surface area contributed by atoms with Gasteiger partial charge in [0, 0.05) is 23.5 Å². The van der Waals surface area contributed by atoms with Gasteiger partial charge in [-0.2, -0.15) is 0 Å². The van der Waals surface area contributed by atoms with E-state index in [1.54, 1.807) is 14.2 Å². The summed E-state index contributed by atoms with van der Waals surface area (Å²) in [6, 6.07) is 5.59. The Bertz CT molecular complexity index is 682. The summed E-state index contributed by atoms with van der Waals surface area (Å²) in [4.78, 5) is 16.4. The van der Waals surface area contributed by atoms with Crippen LogP contribution in [-0.2, 0) is 11.2 Å². The molecule has 9 heteroatoms. The van der Waals surface area contributed by atoms with Crippen LogP contribution in [0.5, 0.6) is 11.5 Å². The van der Waals surface area contributed by atoms with Crippen molar-refractivity contribution in [3.05, 3.63) is 29.3 Å². The summed E-state index contributed by atoms with van der Waals surface area (Å²) in [5.41, 5.74) is 7.16. The number of nitrogens with one attached hydrogen (secondary N) is 1. The number of rotatable bonds is 7. The molecule has 0 spiro atoms. The Kier molecular flexibility index (Phi) is 10.5. The molecular weight excluding hydrogens is 385 g/mol. The molecule has 1 amide bonds. The molecule has 3 N–H and O–H groups in total. The van der Waals surface area contributed by atoms with Crippen molar-refractivity contribution in [2.75, 3.05) is 20.8 Å². The van der Waals surface area contributed by atoms with Crippen molar-refractivity contribution in [2.45, 2.75) is 19.4 Å². The highest BCUT2D eigenvalue weighted by molar-refractivity contribution is 7.13. The molecule has 2 aromatic rings. The van der Waals surface area contributed by atoms with Crippen LogP contribution in [-0.4, -0.2) is 37.7 Å². The van der Waals surface area contributed by atoms with Gasteiger partial charge in [-0.1, -0.05) is 0 Å². The van der Waals surface area contributed by atoms with Crippen LogP contribution in [0, 0.1) is 0 Å². The third-order valence-corrected chi connectivity index (χ3v) is 4.23. The van der Waals surface area contributed by atoms with Crippen molar-refractivity contribution >= 4 is 42.1 Å². The van der Waals surface area contributed by atoms with E-state index in [1.807, 2.05) is 30.5 Å². The zero-order valence-electron chi connectivity index (χ0n) is 14.3. The van der Waals surface area contributed by atoms with E-state index in [4.69, 9.17) is 15.2 Å². The van der Waals surface area contributed by atoms with Crippen molar-refractivity contribution in [1.82, 2.24) is 10.3 Å². The van der Waals surface area contributed by atoms with Gasteiger partial charge in [-0.25, -0.2) is 4.98 Å². The summed E-state index contributed by atoms with van der Waals surface area (Å²) in [5, 5.41) is 5.55. The summed E-state index contributed by atoms with van der Waals surface area (Å²) in [5.74, 6) is 1.24. The molecule has 0 aliphatic rings. The molecule has 0 unspecified atom stereocenters. The molecule has 1 aromatic carbocycles. The van der Waals surface area contributed by atoms with Gasteiger partial charge < -0.3 is 20.5 Å². The third-order valence-electron chi connectivity index (χ3n) is 3.28. The van der Waals surface area contributed by atoms with Crippen LogP contribution in [0.3, 0.4) is 0 Å². The number of nitrogens with zero attached hydrogens (tertiary/aromatic N) is 1. The van der Waals surface area contributed by atoms with E-state index < -0.39 is 0 Å². The lowest BCUT2D eigenvalue weighted by Crippen LogP contribution is -2.38. The Morgan fingerprint density at radius 2 is 1.96 bits per heavy atom. The minimum absolute atomic E-state index is 0. The highest BCUT2D eigenvalue weighted by atomic mass is 35.5. The molecule has 1 heterocycles. The predicted octanol–water partition coefficient (Wildman–Crippen LogP) is 2.68. The maximum Gasteiger partial charge on any atom is 0.226 e. The smallest absolute Gasteiger partial charge is 0.226 e. The molecule has 140 valence electrons. The number of amides is 1. The largest absolute Gasteiger partial charge is 0.493 e. The number of ether oxygens (including phenoxy) is 2. The van der Waals surface area contributed by atoms with E-state index in [-0.39, 0.29) is 43.2 Å². The Labute approximate surface area is 163 Å². The maximum atomic E-state index is 11.9. The van der Waals surface area contributed by atoms with E-state index in [1.165, 1.54) is 11.3 Å². The fourth-order valence-corrected chi connectivity index (χ4v) is 2.86. The average Bonchev–Trinajstić information content (AvgIpc) is 3.02. The van der Waals surface area contributed by atoms with Gasteiger partial charge in [0.2, 0.25) is 5.91 Å². The molecule has 6 nitrogen and oxygen atoms in total. The quantitative estimate of drug-likeness (QED) is 0.736. The van der Waals surface area contributed by atoms with Crippen LogP contribution in [0.25, 0.3) is 10.6 Å². The van der Waals surface area contributed by atoms with Gasteiger partial charge in [-0.05, 0) is 25.1 Å². The number of hydrogen-bond acceptors (Lipinski definition) is 6. The molecule has 1 aromatic heterocycles. The van der Waals surface area contributed by atoms with Crippen LogP contribution >= 0.6 is 36.2 Å². The van der Waals surface area contributed by atoms with Crippen LogP contribution in [0.4, 0.5) is 0 Å². The Balaban J connectivity index is 0.00000288. The van der Waals surface area contributed by atoms with Crippen LogP contribution < -0.4 is 20.5 Å². The summed E-state index contributed by atoms with van der Waals surface area (Å²) >= 11 is 1.49. The second kappa shape index (κ2) is 11.1. The van der Waals surface area contributed by atoms with Crippen molar-refractivity contribution < 1.29 is 14.3 Å². The van der Waals surface area contributed by atoms with E-state index in [0.717, 1.165) is 16.3 Å². The molecule has 2 rings (SSSR count). The number of aromatic nitrogens is 1. The van der Waals surface area contributed by atoms with Crippen molar-refractivity contribution in [1.29, 1.82) is 0 Å². The average molecular weight is 408 g/mol. The van der Waals surface area contributed by atoms with Gasteiger partial charge in [-0.15, -0.1) is 36.2 Å². The molecular formula is C16H23Cl2N3O3S. The number of benzene rings is 1. The zero-order valence-corrected chi connectivity index (χ0v) is 16.7. The first kappa shape index (κ1) is 23.5. The van der Waals surface area contributed by atoms with Crippen molar-refractivity contribution in [3.8, 4) is 22.1 Å². The van der Waals surface area contributed by atoms with Crippen molar-refractivity contribution in [3.63, 3.8) is 0 Å². The van der Waals surface area contributed by atoms with Gasteiger partial charge in [0.1, 0.15) is 5.01 Å². The standard InChI is InChI=1S/C16H21N3O3S.2ClH/c1-10(8-17)18-15(20)7-12-9-23-16(19-12)11-4-5-13(21-2)14(6-11)22-3;;/h4-6,9-10H,7-8,17H2,1-3H3,(H,18,20);2*1H/t10-;;/m0../s1. The third kappa shape index (κ3) is 6.36. The molecule has 0 saturated carbocycles. The van der Waals surface area contributed by atoms with Gasteiger partial charge in [-0.3, -0.25) is 4.79 Å². The SMILES string of the molecule is COc1ccc(-c2nc(CC(=O)N[C@@H](C)CN)cs2)cc1OC.Cl.Cl. The first-order chi connectivity index (χ1) is 11.1. The van der Waals surface area contributed by atoms with Gasteiger partial charge >= 0.3 is 0 Å². The minimum atomic E-state index is -0.0767. The molecule has 0 radical (unpaired) electrons. The van der Waals surface area contributed by atoms with E-state index in [2.05, 4.69) is 10.3 Å². The molecule has 0 aliphatic heterocycles. The first-order valence-electron chi connectivity index (χ1n) is 7.23. The molecule has 0 saturated heterocycles. The zero-order chi connectivity index (χ0) is 16.8. The first-order valence-corrected chi connectivity index (χ1v) is 8.11. The monoisotopic (exact) mass is 407 g/mol. The number of carbonyl (C=O) groups is 1. The Hall–Kier alpha value is -1.54. The minimum Gasteiger partial charge on any atom is -0.493 e. The van der Waals surface area contributed by atoms with Gasteiger partial charge in [0.25, 0.3) is 0 Å². The van der Waals surface area contributed by atoms with Crippen LogP contribution in [0.15, 0.2) is 23.6 Å². The predicted molar refractivity (Wildman–Crippen MR) is 106 cm³/mol. The number of carbonyl (C=O) groups excluding carboxylic acids is 1. The number of hydrogen-bond donors (Lipinski definition) is 2. The lowest BCUT2D eigenvalue weighted by Gasteiger charge is -2.10. The lowest BCUT2D eigenvalue weighted by atomic mass is 10.2. The van der Waals surface area contributed by atoms with Crippen LogP contribution in [0.1, 0.15) is 12.6 Å². The van der Waals surface area contributed by atoms with E-state index >= 15 is 0 Å². The van der Waals surface area contributed by atoms with Crippen LogP contribution in [0.2, 0.25) is 0 Å². The number of thiazole rings is 1. The summed E-state index contributed by atoms with van der Waals surface area (Å²) < 4.78 is 10.5. The van der Waals surface area contributed by atoms with Gasteiger partial charge in [0.05, 0.1) is 26.3 Å². The topological polar surface area (TPSA) is 86.5 Å². The molecule has 0 bridgehead atoms. The second-order valence-corrected chi connectivity index (χ2v) is 5.95. The highest BCUT2D eigenvalue weighted by Crippen LogP contribution is 2.33. The number of halogens is 2. The maximum absolute atomic E-state index is 11.9. The summed E-state index contributed by atoms with van der Waals surface area (Å²) in [6.07, 6.45) is 0.244. The van der Waals surface area contributed by atoms with Crippen molar-refractivity contribution in [2.24, 2.45) is 5.73 Å². The van der Waals surface area contributed by atoms with E-state index in [0.29, 0.717) is 18.0 Å². The molecule has 1 atom stereocenters. The molecule has 0 fully saturated rings. The molecule has 0 aliphatic carbocycles. The Morgan fingerprint density at radius 3 is 2.56 bits per heavy atom. The Morgan fingerprint density at radius 1 is 1.28 bits per heavy atom. The number of nitrogens with two attached hydrogens (primary N) is 1. The number of methoxy groups -OCH3 is 2. The fourth-order valence-electron chi connectivity index (χ4n) is 2.04. The lowest BCUT2D eigenvalue weighted by molar-refractivity contribution is -0.121. The van der Waals surface area contributed by atoms with Gasteiger partial charge in [0.15, 0.2) is 11.5 Å². The van der Waals surface area contributed by atoms with E-state index in [9.17, 15) is 4.79 Å². The summed E-state index contributed by atoms with van der Waals surface area (Å²) in [7, 11) is 3.19. The highest BCUT2D eigenvalue weighted by Gasteiger charge is 2.12. The normalized spacial score (nSPS) is 10.9. The fraction of sp³-hybridized carbons (Fsp3) is 0.375.